The van der Waals surface area contributed by atoms with Crippen LogP contribution in [0.2, 0.25) is 0 Å². The van der Waals surface area contributed by atoms with E-state index >= 15 is 0 Å². The zero-order valence-electron chi connectivity index (χ0n) is 14.2. The van der Waals surface area contributed by atoms with Crippen molar-refractivity contribution in [2.75, 3.05) is 18.4 Å². The molecule has 0 spiro atoms. The highest BCUT2D eigenvalue weighted by Gasteiger charge is 2.33. The number of alkyl halides is 3. The molecule has 0 aliphatic carbocycles. The van der Waals surface area contributed by atoms with Gasteiger partial charge in [-0.2, -0.15) is 18.3 Å². The number of aryl methyl sites for hydroxylation is 1. The smallest absolute Gasteiger partial charge is 0.379 e. The fourth-order valence-electron chi connectivity index (χ4n) is 2.31. The number of amides is 1. The van der Waals surface area contributed by atoms with Gasteiger partial charge in [0, 0.05) is 44.5 Å². The van der Waals surface area contributed by atoms with E-state index in [1.165, 1.54) is 0 Å². The summed E-state index contributed by atoms with van der Waals surface area (Å²) < 4.78 is 39.7. The van der Waals surface area contributed by atoms with Crippen LogP contribution in [0.5, 0.6) is 0 Å². The second-order valence-corrected chi connectivity index (χ2v) is 5.64. The number of benzene rings is 1. The second kappa shape index (κ2) is 9.01. The maximum Gasteiger partial charge on any atom is 0.416 e. The summed E-state index contributed by atoms with van der Waals surface area (Å²) >= 11 is 0. The van der Waals surface area contributed by atoms with E-state index in [1.807, 2.05) is 6.20 Å². The first-order valence-electron chi connectivity index (χ1n) is 8.11. The zero-order valence-corrected chi connectivity index (χ0v) is 14.2. The van der Waals surface area contributed by atoms with Gasteiger partial charge in [-0.1, -0.05) is 0 Å². The molecule has 0 saturated carbocycles. The number of nitro groups is 1. The Labute approximate surface area is 152 Å². The van der Waals surface area contributed by atoms with E-state index in [-0.39, 0.29) is 24.6 Å². The van der Waals surface area contributed by atoms with Gasteiger partial charge in [-0.3, -0.25) is 19.6 Å². The SMILES string of the molecule is O=C(CCNc1ccc(C(F)(F)F)cc1[N+](=O)[O-])NCCCn1cccn1. The van der Waals surface area contributed by atoms with Crippen molar-refractivity contribution < 1.29 is 22.9 Å². The molecule has 1 heterocycles. The van der Waals surface area contributed by atoms with E-state index in [2.05, 4.69) is 15.7 Å². The Morgan fingerprint density at radius 1 is 1.30 bits per heavy atom. The highest BCUT2D eigenvalue weighted by Crippen LogP contribution is 2.34. The minimum absolute atomic E-state index is 0.0277. The van der Waals surface area contributed by atoms with Crippen LogP contribution in [0.25, 0.3) is 0 Å². The highest BCUT2D eigenvalue weighted by molar-refractivity contribution is 5.76. The van der Waals surface area contributed by atoms with Crippen molar-refractivity contribution in [2.45, 2.75) is 25.6 Å². The summed E-state index contributed by atoms with van der Waals surface area (Å²) in [7, 11) is 0. The van der Waals surface area contributed by atoms with Gasteiger partial charge in [0.25, 0.3) is 5.69 Å². The van der Waals surface area contributed by atoms with E-state index in [9.17, 15) is 28.1 Å². The van der Waals surface area contributed by atoms with Crippen LogP contribution in [-0.2, 0) is 17.5 Å². The van der Waals surface area contributed by atoms with Crippen LogP contribution in [0.1, 0.15) is 18.4 Å². The van der Waals surface area contributed by atoms with Crippen LogP contribution in [0, 0.1) is 10.1 Å². The Kier molecular flexibility index (Phi) is 6.74. The van der Waals surface area contributed by atoms with Crippen LogP contribution in [0.3, 0.4) is 0 Å². The largest absolute Gasteiger partial charge is 0.416 e. The van der Waals surface area contributed by atoms with Crippen LogP contribution < -0.4 is 10.6 Å². The molecule has 2 aromatic rings. The summed E-state index contributed by atoms with van der Waals surface area (Å²) in [6, 6.07) is 4.01. The van der Waals surface area contributed by atoms with Gasteiger partial charge in [-0.15, -0.1) is 0 Å². The molecule has 0 fully saturated rings. The van der Waals surface area contributed by atoms with Crippen LogP contribution in [-0.4, -0.2) is 33.7 Å². The molecule has 0 unspecified atom stereocenters. The summed E-state index contributed by atoms with van der Waals surface area (Å²) in [5.41, 5.74) is -1.86. The zero-order chi connectivity index (χ0) is 19.9. The van der Waals surface area contributed by atoms with E-state index in [0.717, 1.165) is 12.1 Å². The number of halogens is 3. The lowest BCUT2D eigenvalue weighted by Gasteiger charge is -2.11. The van der Waals surface area contributed by atoms with Crippen molar-refractivity contribution >= 4 is 17.3 Å². The molecule has 8 nitrogen and oxygen atoms in total. The fourth-order valence-corrected chi connectivity index (χ4v) is 2.31. The molecule has 1 aromatic heterocycles. The molecule has 2 rings (SSSR count). The molecular formula is C16H18F3N5O3. The van der Waals surface area contributed by atoms with Gasteiger partial charge in [0.05, 0.1) is 10.5 Å². The lowest BCUT2D eigenvalue weighted by molar-refractivity contribution is -0.384. The van der Waals surface area contributed by atoms with Crippen molar-refractivity contribution in [3.63, 3.8) is 0 Å². The summed E-state index contributed by atoms with van der Waals surface area (Å²) in [6.07, 6.45) is -0.488. The molecule has 146 valence electrons. The number of carbonyl (C=O) groups is 1. The van der Waals surface area contributed by atoms with Gasteiger partial charge in [0.15, 0.2) is 0 Å². The number of hydrogen-bond acceptors (Lipinski definition) is 5. The average Bonchev–Trinajstić information content (AvgIpc) is 3.11. The quantitative estimate of drug-likeness (QED) is 0.393. The molecule has 0 saturated heterocycles. The second-order valence-electron chi connectivity index (χ2n) is 5.64. The van der Waals surface area contributed by atoms with Crippen molar-refractivity contribution in [3.8, 4) is 0 Å². The van der Waals surface area contributed by atoms with Crippen LogP contribution in [0.15, 0.2) is 36.7 Å². The monoisotopic (exact) mass is 385 g/mol. The van der Waals surface area contributed by atoms with Crippen LogP contribution >= 0.6 is 0 Å². The lowest BCUT2D eigenvalue weighted by Crippen LogP contribution is -2.27. The van der Waals surface area contributed by atoms with Crippen molar-refractivity contribution in [3.05, 3.63) is 52.3 Å². The molecule has 2 N–H and O–H groups in total. The summed E-state index contributed by atoms with van der Waals surface area (Å²) in [4.78, 5) is 21.8. The minimum atomic E-state index is -4.67. The number of nitro benzene ring substituents is 1. The fraction of sp³-hybridized carbons (Fsp3) is 0.375. The molecule has 11 heteroatoms. The Balaban J connectivity index is 1.78. The van der Waals surface area contributed by atoms with Gasteiger partial charge >= 0.3 is 6.18 Å². The molecule has 0 atom stereocenters. The number of nitrogens with one attached hydrogen (secondary N) is 2. The Bertz CT molecular complexity index is 778. The molecular weight excluding hydrogens is 367 g/mol. The molecule has 0 bridgehead atoms. The van der Waals surface area contributed by atoms with Gasteiger partial charge in [0.2, 0.25) is 5.91 Å². The normalized spacial score (nSPS) is 11.2. The summed E-state index contributed by atoms with van der Waals surface area (Å²) in [5.74, 6) is -0.266. The van der Waals surface area contributed by atoms with Gasteiger partial charge in [-0.25, -0.2) is 0 Å². The third-order valence-electron chi connectivity index (χ3n) is 3.63. The van der Waals surface area contributed by atoms with Gasteiger partial charge in [0.1, 0.15) is 5.69 Å². The first-order valence-corrected chi connectivity index (χ1v) is 8.11. The molecule has 27 heavy (non-hydrogen) atoms. The molecule has 0 aliphatic rings. The highest BCUT2D eigenvalue weighted by atomic mass is 19.4. The molecule has 0 radical (unpaired) electrons. The maximum absolute atomic E-state index is 12.7. The van der Waals surface area contributed by atoms with E-state index < -0.39 is 22.4 Å². The van der Waals surface area contributed by atoms with Crippen molar-refractivity contribution in [2.24, 2.45) is 0 Å². The number of aromatic nitrogens is 2. The molecule has 1 aromatic carbocycles. The lowest BCUT2D eigenvalue weighted by atomic mass is 10.1. The predicted octanol–water partition coefficient (Wildman–Crippen LogP) is 2.82. The number of hydrogen-bond donors (Lipinski definition) is 2. The van der Waals surface area contributed by atoms with Crippen molar-refractivity contribution in [1.82, 2.24) is 15.1 Å². The Morgan fingerprint density at radius 3 is 2.70 bits per heavy atom. The number of carbonyl (C=O) groups excluding carboxylic acids is 1. The molecule has 1 amide bonds. The van der Waals surface area contributed by atoms with Gasteiger partial charge in [-0.05, 0) is 24.6 Å². The number of anilines is 1. The average molecular weight is 385 g/mol. The van der Waals surface area contributed by atoms with E-state index in [1.54, 1.807) is 16.9 Å². The predicted molar refractivity (Wildman–Crippen MR) is 91.1 cm³/mol. The first-order chi connectivity index (χ1) is 12.8. The number of nitrogens with zero attached hydrogens (tertiary/aromatic N) is 3. The summed E-state index contributed by atoms with van der Waals surface area (Å²) in [5, 5.41) is 20.3. The van der Waals surface area contributed by atoms with Gasteiger partial charge < -0.3 is 10.6 Å². The maximum atomic E-state index is 12.7. The molecule has 0 aliphatic heterocycles. The standard InChI is InChI=1S/C16H18F3N5O3/c17-16(18,19)12-3-4-13(14(11-12)24(26)27)20-8-5-15(25)21-6-1-9-23-10-2-7-22-23/h2-4,7,10-11,20H,1,5-6,8-9H2,(H,21,25). The minimum Gasteiger partial charge on any atom is -0.379 e. The topological polar surface area (TPSA) is 102 Å². The van der Waals surface area contributed by atoms with Crippen LogP contribution in [0.4, 0.5) is 24.5 Å². The van der Waals surface area contributed by atoms with Crippen molar-refractivity contribution in [1.29, 1.82) is 0 Å². The Morgan fingerprint density at radius 2 is 2.07 bits per heavy atom. The van der Waals surface area contributed by atoms with E-state index in [0.29, 0.717) is 25.6 Å². The third-order valence-corrected chi connectivity index (χ3v) is 3.63. The number of rotatable bonds is 9. The Hall–Kier alpha value is -3.11. The first kappa shape index (κ1) is 20.2. The summed E-state index contributed by atoms with van der Waals surface area (Å²) in [6.45, 7) is 1.15. The third kappa shape index (κ3) is 6.28. The van der Waals surface area contributed by atoms with E-state index in [4.69, 9.17) is 0 Å².